The number of anilines is 1. The summed E-state index contributed by atoms with van der Waals surface area (Å²) < 4.78 is 44.6. The molecule has 0 spiro atoms. The first kappa shape index (κ1) is 30.2. The summed E-state index contributed by atoms with van der Waals surface area (Å²) in [6.45, 7) is 8.31. The molecule has 12 nitrogen and oxygen atoms in total. The molecular formula is C31H36N4O8S. The summed E-state index contributed by atoms with van der Waals surface area (Å²) >= 11 is 0. The molecule has 2 amide bonds. The normalized spacial score (nSPS) is 20.3. The number of hydrogen-bond acceptors (Lipinski definition) is 10. The summed E-state index contributed by atoms with van der Waals surface area (Å²) in [5, 5.41) is 2.39. The molecule has 44 heavy (non-hydrogen) atoms. The molecule has 4 aliphatic rings. The fraction of sp³-hybridized carbons (Fsp3) is 0.516. The van der Waals surface area contributed by atoms with Gasteiger partial charge in [-0.3, -0.25) is 9.59 Å². The van der Waals surface area contributed by atoms with E-state index in [1.807, 2.05) is 32.0 Å². The number of aryl methyl sites for hydroxylation is 1. The van der Waals surface area contributed by atoms with Gasteiger partial charge in [0.1, 0.15) is 24.1 Å². The molecular weight excluding hydrogens is 588 g/mol. The lowest BCUT2D eigenvalue weighted by Crippen LogP contribution is -2.50. The van der Waals surface area contributed by atoms with Crippen LogP contribution in [0.25, 0.3) is 0 Å². The molecule has 0 N–H and O–H groups in total. The Bertz CT molecular complexity index is 1790. The average Bonchev–Trinajstić information content (AvgIpc) is 3.26. The second-order valence-electron chi connectivity index (χ2n) is 12.5. The molecule has 0 aliphatic carbocycles. The topological polar surface area (TPSA) is 149 Å². The van der Waals surface area contributed by atoms with Gasteiger partial charge in [0.25, 0.3) is 11.8 Å². The van der Waals surface area contributed by atoms with E-state index < -0.39 is 45.1 Å². The summed E-state index contributed by atoms with van der Waals surface area (Å²) in [6, 6.07) is 7.77. The van der Waals surface area contributed by atoms with Crippen molar-refractivity contribution in [2.75, 3.05) is 30.3 Å². The van der Waals surface area contributed by atoms with E-state index in [1.165, 1.54) is 5.56 Å². The zero-order chi connectivity index (χ0) is 31.4. The van der Waals surface area contributed by atoms with Crippen molar-refractivity contribution in [1.29, 1.82) is 0 Å². The van der Waals surface area contributed by atoms with Gasteiger partial charge in [-0.05, 0) is 57.7 Å². The van der Waals surface area contributed by atoms with Gasteiger partial charge >= 0.3 is 5.97 Å². The highest BCUT2D eigenvalue weighted by molar-refractivity contribution is 7.85. The molecule has 6 rings (SSSR count). The predicted octanol–water partition coefficient (Wildman–Crippen LogP) is 2.21. The molecule has 4 aliphatic heterocycles. The van der Waals surface area contributed by atoms with Crippen LogP contribution in [0, 0.1) is 0 Å². The van der Waals surface area contributed by atoms with Crippen LogP contribution < -0.4 is 24.9 Å². The minimum atomic E-state index is -4.53. The standard InChI is InChI=1S/C31H36N4O8S/c1-4-33-11-5-7-19-13-22-26(15-24(19)33)42-27-16-25-21(14-23(27)32-22)20(18-44(39,40)41)17-31(2,3)34(25)12-6-8-30(38)43-35-28(36)9-10-29(35)37/h13-16,20H,4-12,17-18H2,1-3H3. The van der Waals surface area contributed by atoms with Crippen LogP contribution in [0.3, 0.4) is 0 Å². The van der Waals surface area contributed by atoms with Gasteiger partial charge in [0.15, 0.2) is 11.5 Å². The minimum absolute atomic E-state index is 0.0214. The lowest BCUT2D eigenvalue weighted by molar-refractivity contribution is -0.197. The number of amides is 2. The number of ether oxygens (including phenoxy) is 1. The summed E-state index contributed by atoms with van der Waals surface area (Å²) in [5.41, 5.74) is 2.59. The molecule has 0 aromatic heterocycles. The zero-order valence-electron chi connectivity index (χ0n) is 25.1. The van der Waals surface area contributed by atoms with E-state index in [4.69, 9.17) is 14.6 Å². The van der Waals surface area contributed by atoms with Crippen molar-refractivity contribution in [2.45, 2.75) is 77.2 Å². The van der Waals surface area contributed by atoms with Gasteiger partial charge in [0, 0.05) is 66.8 Å². The monoisotopic (exact) mass is 624 g/mol. The van der Waals surface area contributed by atoms with Gasteiger partial charge < -0.3 is 19.0 Å². The van der Waals surface area contributed by atoms with Gasteiger partial charge in [0.2, 0.25) is 5.36 Å². The molecule has 0 bridgehead atoms. The van der Waals surface area contributed by atoms with Crippen LogP contribution in [0.1, 0.15) is 76.3 Å². The molecule has 13 heteroatoms. The van der Waals surface area contributed by atoms with Crippen molar-refractivity contribution in [3.63, 3.8) is 0 Å². The Morgan fingerprint density at radius 2 is 1.89 bits per heavy atom. The lowest BCUT2D eigenvalue weighted by atomic mass is 9.79. The average molecular weight is 625 g/mol. The summed E-state index contributed by atoms with van der Waals surface area (Å²) in [7, 11) is -4.53. The number of benzene rings is 2. The Morgan fingerprint density at radius 3 is 2.59 bits per heavy atom. The Labute approximate surface area is 255 Å². The number of imide groups is 1. The molecule has 2 aromatic rings. The molecule has 4 heterocycles. The number of fused-ring (bicyclic) bond motifs is 4. The number of hydroxylamine groups is 2. The molecule has 0 saturated carbocycles. The molecule has 0 radical (unpaired) electrons. The number of hydrogen-bond donors (Lipinski definition) is 0. The molecule has 2 aromatic carbocycles. The molecule has 234 valence electrons. The first-order valence-electron chi connectivity index (χ1n) is 15.1. The van der Waals surface area contributed by atoms with E-state index in [2.05, 4.69) is 22.5 Å². The van der Waals surface area contributed by atoms with Gasteiger partial charge in [-0.15, -0.1) is 5.06 Å². The van der Waals surface area contributed by atoms with Crippen molar-refractivity contribution < 1.29 is 36.9 Å². The van der Waals surface area contributed by atoms with Crippen molar-refractivity contribution in [3.05, 3.63) is 46.1 Å². The Balaban J connectivity index is 1.33. The second-order valence-corrected chi connectivity index (χ2v) is 13.9. The summed E-state index contributed by atoms with van der Waals surface area (Å²) in [4.78, 5) is 48.1. The van der Waals surface area contributed by atoms with Crippen molar-refractivity contribution in [1.82, 2.24) is 9.64 Å². The van der Waals surface area contributed by atoms with E-state index >= 15 is 0 Å². The summed E-state index contributed by atoms with van der Waals surface area (Å²) in [5.74, 6) is -1.69. The van der Waals surface area contributed by atoms with Crippen LogP contribution in [0.15, 0.2) is 29.3 Å². The number of rotatable bonds is 8. The first-order valence-corrected chi connectivity index (χ1v) is 16.7. The zero-order valence-corrected chi connectivity index (χ0v) is 25.9. The fourth-order valence-electron chi connectivity index (χ4n) is 6.88. The lowest BCUT2D eigenvalue weighted by Gasteiger charge is -2.48. The Kier molecular flexibility index (Phi) is 7.73. The van der Waals surface area contributed by atoms with E-state index in [0.717, 1.165) is 31.3 Å². The first-order chi connectivity index (χ1) is 20.8. The molecule has 1 atom stereocenters. The SMILES string of the molecule is CC[N+]1=c2cc3c(cc2CCC1)=Nc1cc2c(cc1O3)N(CCCC(=O)ON1C(=O)CCC1=O)C(C)(C)CC2CS(=O)(=O)[O-]. The quantitative estimate of drug-likeness (QED) is 0.209. The van der Waals surface area contributed by atoms with E-state index in [-0.39, 0.29) is 19.3 Å². The van der Waals surface area contributed by atoms with Gasteiger partial charge in [-0.25, -0.2) is 22.8 Å². The maximum atomic E-state index is 12.5. The van der Waals surface area contributed by atoms with E-state index in [1.54, 1.807) is 0 Å². The van der Waals surface area contributed by atoms with Gasteiger partial charge in [0.05, 0.1) is 16.2 Å². The van der Waals surface area contributed by atoms with E-state index in [9.17, 15) is 27.4 Å². The van der Waals surface area contributed by atoms with Crippen molar-refractivity contribution >= 4 is 39.3 Å². The summed E-state index contributed by atoms with van der Waals surface area (Å²) in [6.07, 6.45) is 2.75. The van der Waals surface area contributed by atoms with E-state index in [0.29, 0.717) is 58.2 Å². The largest absolute Gasteiger partial charge is 0.748 e. The maximum absolute atomic E-state index is 12.5. The maximum Gasteiger partial charge on any atom is 0.333 e. The third-order valence-electron chi connectivity index (χ3n) is 8.90. The van der Waals surface area contributed by atoms with Crippen LogP contribution in [0.4, 0.5) is 11.4 Å². The highest BCUT2D eigenvalue weighted by atomic mass is 32.2. The minimum Gasteiger partial charge on any atom is -0.748 e. The van der Waals surface area contributed by atoms with Crippen molar-refractivity contribution in [2.24, 2.45) is 4.99 Å². The Morgan fingerprint density at radius 1 is 1.14 bits per heavy atom. The van der Waals surface area contributed by atoms with Crippen LogP contribution >= 0.6 is 0 Å². The van der Waals surface area contributed by atoms with Crippen LogP contribution in [-0.2, 0) is 35.8 Å². The number of nitrogens with zero attached hydrogens (tertiary/aromatic N) is 4. The fourth-order valence-corrected chi connectivity index (χ4v) is 7.67. The number of carbonyl (C=O) groups excluding carboxylic acids is 3. The molecule has 1 unspecified atom stereocenters. The number of carbonyl (C=O) groups is 3. The second kappa shape index (κ2) is 11.3. The smallest absolute Gasteiger partial charge is 0.333 e. The highest BCUT2D eigenvalue weighted by Crippen LogP contribution is 2.49. The molecule has 1 fully saturated rings. The van der Waals surface area contributed by atoms with Gasteiger partial charge in [-0.2, -0.15) is 0 Å². The highest BCUT2D eigenvalue weighted by Gasteiger charge is 2.40. The van der Waals surface area contributed by atoms with Crippen LogP contribution in [-0.4, -0.2) is 66.7 Å². The Hall–Kier alpha value is -3.84. The predicted molar refractivity (Wildman–Crippen MR) is 158 cm³/mol. The third kappa shape index (κ3) is 5.82. The molecule has 1 saturated heterocycles. The van der Waals surface area contributed by atoms with Crippen LogP contribution in [0.2, 0.25) is 0 Å². The third-order valence-corrected chi connectivity index (χ3v) is 9.71. The van der Waals surface area contributed by atoms with Gasteiger partial charge in [-0.1, -0.05) is 0 Å². The van der Waals surface area contributed by atoms with Crippen molar-refractivity contribution in [3.8, 4) is 11.5 Å². The van der Waals surface area contributed by atoms with Crippen LogP contribution in [0.5, 0.6) is 11.5 Å².